The molecular formula is C12H13BrClN3O2. The number of pyridine rings is 1. The molecule has 0 radical (unpaired) electrons. The number of carbonyl (C=O) groups excluding carboxylic acids is 1. The molecule has 1 aliphatic carbocycles. The number of hydrogen-bond donors (Lipinski definition) is 2. The highest BCUT2D eigenvalue weighted by atomic mass is 79.9. The van der Waals surface area contributed by atoms with E-state index in [1.54, 1.807) is 0 Å². The van der Waals surface area contributed by atoms with E-state index >= 15 is 0 Å². The average molecular weight is 347 g/mol. The van der Waals surface area contributed by atoms with Crippen molar-refractivity contribution in [1.82, 2.24) is 9.99 Å². The van der Waals surface area contributed by atoms with E-state index in [4.69, 9.17) is 11.6 Å². The summed E-state index contributed by atoms with van der Waals surface area (Å²) in [5.41, 5.74) is 2.37. The first-order valence-electron chi connectivity index (χ1n) is 6.14. The first-order chi connectivity index (χ1) is 8.92. The van der Waals surface area contributed by atoms with Gasteiger partial charge in [0.1, 0.15) is 11.4 Å². The Hall–Kier alpha value is -1.01. The standard InChI is InChI=1S/C12H13BrClN3O2/c1-12(6-3-2-4-6)15-10(18)9-8(14)5-7(13)11(19)17(9)16-12/h5-6,16H,2-4H2,1H3,(H,15,18). The Kier molecular flexibility index (Phi) is 2.90. The van der Waals surface area contributed by atoms with Gasteiger partial charge in [0.2, 0.25) is 0 Å². The van der Waals surface area contributed by atoms with Gasteiger partial charge in [-0.25, -0.2) is 4.68 Å². The van der Waals surface area contributed by atoms with Gasteiger partial charge in [0.25, 0.3) is 11.5 Å². The Morgan fingerprint density at radius 3 is 2.74 bits per heavy atom. The van der Waals surface area contributed by atoms with Crippen molar-refractivity contribution >= 4 is 33.4 Å². The zero-order chi connectivity index (χ0) is 13.8. The highest BCUT2D eigenvalue weighted by molar-refractivity contribution is 9.10. The molecular weight excluding hydrogens is 334 g/mol. The lowest BCUT2D eigenvalue weighted by atomic mass is 9.76. The van der Waals surface area contributed by atoms with E-state index in [1.165, 1.54) is 10.7 Å². The molecule has 5 nitrogen and oxygen atoms in total. The van der Waals surface area contributed by atoms with Gasteiger partial charge < -0.3 is 5.32 Å². The van der Waals surface area contributed by atoms with Gasteiger partial charge in [-0.05, 0) is 41.8 Å². The lowest BCUT2D eigenvalue weighted by molar-refractivity contribution is 0.0760. The normalized spacial score (nSPS) is 26.2. The summed E-state index contributed by atoms with van der Waals surface area (Å²) in [6.07, 6.45) is 3.23. The van der Waals surface area contributed by atoms with Crippen molar-refractivity contribution in [3.63, 3.8) is 0 Å². The highest BCUT2D eigenvalue weighted by Gasteiger charge is 2.43. The van der Waals surface area contributed by atoms with Crippen LogP contribution in [0.25, 0.3) is 0 Å². The second kappa shape index (κ2) is 4.24. The minimum atomic E-state index is -0.601. The molecule has 1 fully saturated rings. The summed E-state index contributed by atoms with van der Waals surface area (Å²) in [7, 11) is 0. The first-order valence-corrected chi connectivity index (χ1v) is 7.31. The Bertz CT molecular complexity index is 626. The van der Waals surface area contributed by atoms with E-state index in [2.05, 4.69) is 26.7 Å². The van der Waals surface area contributed by atoms with Crippen LogP contribution in [0.15, 0.2) is 15.3 Å². The molecule has 19 heavy (non-hydrogen) atoms. The summed E-state index contributed by atoms with van der Waals surface area (Å²) in [5.74, 6) is 0.0111. The monoisotopic (exact) mass is 345 g/mol. The molecule has 0 bridgehead atoms. The smallest absolute Gasteiger partial charge is 0.284 e. The van der Waals surface area contributed by atoms with E-state index in [0.717, 1.165) is 19.3 Å². The number of carbonyl (C=O) groups is 1. The molecule has 1 atom stereocenters. The highest BCUT2D eigenvalue weighted by Crippen LogP contribution is 2.37. The maximum Gasteiger partial charge on any atom is 0.284 e. The van der Waals surface area contributed by atoms with Crippen LogP contribution in [0.2, 0.25) is 5.02 Å². The predicted octanol–water partition coefficient (Wildman–Crippen LogP) is 2.07. The van der Waals surface area contributed by atoms with Crippen LogP contribution < -0.4 is 16.3 Å². The van der Waals surface area contributed by atoms with E-state index in [0.29, 0.717) is 10.4 Å². The Labute approximate surface area is 123 Å². The summed E-state index contributed by atoms with van der Waals surface area (Å²) in [6.45, 7) is 1.90. The molecule has 0 aromatic carbocycles. The van der Waals surface area contributed by atoms with E-state index in [-0.39, 0.29) is 22.2 Å². The zero-order valence-corrected chi connectivity index (χ0v) is 12.6. The van der Waals surface area contributed by atoms with Crippen LogP contribution in [0, 0.1) is 5.92 Å². The summed E-state index contributed by atoms with van der Waals surface area (Å²) in [4.78, 5) is 24.4. The third-order valence-corrected chi connectivity index (χ3v) is 4.82. The number of rotatable bonds is 1. The van der Waals surface area contributed by atoms with Crippen LogP contribution in [-0.2, 0) is 0 Å². The van der Waals surface area contributed by atoms with E-state index < -0.39 is 5.66 Å². The molecule has 0 saturated heterocycles. The summed E-state index contributed by atoms with van der Waals surface area (Å²) in [6, 6.07) is 1.45. The molecule has 1 amide bonds. The summed E-state index contributed by atoms with van der Waals surface area (Å²) < 4.78 is 1.59. The van der Waals surface area contributed by atoms with Gasteiger partial charge in [-0.3, -0.25) is 15.0 Å². The van der Waals surface area contributed by atoms with Crippen LogP contribution in [-0.4, -0.2) is 16.2 Å². The first kappa shape index (κ1) is 13.0. The van der Waals surface area contributed by atoms with Gasteiger partial charge >= 0.3 is 0 Å². The fraction of sp³-hybridized carbons (Fsp3) is 0.500. The van der Waals surface area contributed by atoms with Crippen LogP contribution in [0.3, 0.4) is 0 Å². The van der Waals surface area contributed by atoms with Gasteiger partial charge in [0, 0.05) is 5.92 Å². The van der Waals surface area contributed by atoms with E-state index in [9.17, 15) is 9.59 Å². The molecule has 102 valence electrons. The zero-order valence-electron chi connectivity index (χ0n) is 10.3. The van der Waals surface area contributed by atoms with Crippen molar-refractivity contribution in [2.75, 3.05) is 5.43 Å². The number of hydrogen-bond acceptors (Lipinski definition) is 3. The third-order valence-electron chi connectivity index (χ3n) is 3.96. The van der Waals surface area contributed by atoms with Crippen LogP contribution in [0.4, 0.5) is 0 Å². The lowest BCUT2D eigenvalue weighted by Gasteiger charge is -2.47. The third kappa shape index (κ3) is 1.89. The molecule has 2 N–H and O–H groups in total. The quantitative estimate of drug-likeness (QED) is 0.818. The van der Waals surface area contributed by atoms with Crippen LogP contribution in [0.5, 0.6) is 0 Å². The van der Waals surface area contributed by atoms with Gasteiger partial charge in [-0.15, -0.1) is 0 Å². The molecule has 1 aliphatic heterocycles. The van der Waals surface area contributed by atoms with Crippen LogP contribution >= 0.6 is 27.5 Å². The number of halogens is 2. The number of aromatic nitrogens is 1. The predicted molar refractivity (Wildman–Crippen MR) is 76.0 cm³/mol. The lowest BCUT2D eigenvalue weighted by Crippen LogP contribution is -2.66. The minimum Gasteiger partial charge on any atom is -0.327 e. The number of nitrogens with zero attached hydrogens (tertiary/aromatic N) is 1. The molecule has 1 unspecified atom stereocenters. The number of fused-ring (bicyclic) bond motifs is 1. The molecule has 2 aliphatic rings. The molecule has 2 heterocycles. The maximum absolute atomic E-state index is 12.2. The van der Waals surface area contributed by atoms with Crippen molar-refractivity contribution in [2.24, 2.45) is 5.92 Å². The van der Waals surface area contributed by atoms with Crippen LogP contribution in [0.1, 0.15) is 36.7 Å². The Morgan fingerprint density at radius 1 is 1.47 bits per heavy atom. The van der Waals surface area contributed by atoms with E-state index in [1.807, 2.05) is 6.92 Å². The molecule has 1 aromatic heterocycles. The number of nitrogens with one attached hydrogen (secondary N) is 2. The van der Waals surface area contributed by atoms with Gasteiger partial charge in [-0.1, -0.05) is 18.0 Å². The molecule has 3 rings (SSSR count). The van der Waals surface area contributed by atoms with Crippen molar-refractivity contribution in [1.29, 1.82) is 0 Å². The Morgan fingerprint density at radius 2 is 2.16 bits per heavy atom. The topological polar surface area (TPSA) is 63.1 Å². The van der Waals surface area contributed by atoms with Crippen molar-refractivity contribution < 1.29 is 4.79 Å². The Balaban J connectivity index is 2.13. The molecule has 0 spiro atoms. The summed E-state index contributed by atoms with van der Waals surface area (Å²) >= 11 is 9.21. The minimum absolute atomic E-state index is 0.159. The summed E-state index contributed by atoms with van der Waals surface area (Å²) in [5, 5.41) is 3.17. The SMILES string of the molecule is CC1(C2CCC2)NC(=O)c2c(Cl)cc(Br)c(=O)n2N1. The van der Waals surface area contributed by atoms with Gasteiger partial charge in [0.05, 0.1) is 9.50 Å². The van der Waals surface area contributed by atoms with Crippen molar-refractivity contribution in [3.8, 4) is 0 Å². The largest absolute Gasteiger partial charge is 0.327 e. The molecule has 1 saturated carbocycles. The molecule has 1 aromatic rings. The maximum atomic E-state index is 12.2. The fourth-order valence-corrected chi connectivity index (χ4v) is 3.42. The van der Waals surface area contributed by atoms with Crippen molar-refractivity contribution in [2.45, 2.75) is 31.8 Å². The second-order valence-corrected chi connectivity index (χ2v) is 6.49. The number of amides is 1. The fourth-order valence-electron chi connectivity index (χ4n) is 2.61. The second-order valence-electron chi connectivity index (χ2n) is 5.23. The van der Waals surface area contributed by atoms with Gasteiger partial charge in [-0.2, -0.15) is 0 Å². The molecule has 7 heteroatoms. The van der Waals surface area contributed by atoms with Crippen molar-refractivity contribution in [3.05, 3.63) is 31.6 Å². The average Bonchev–Trinajstić information content (AvgIpc) is 2.21. The van der Waals surface area contributed by atoms with Gasteiger partial charge in [0.15, 0.2) is 0 Å².